The highest BCUT2D eigenvalue weighted by molar-refractivity contribution is 5.93. The second-order valence-electron chi connectivity index (χ2n) is 5.19. The van der Waals surface area contributed by atoms with Crippen LogP contribution < -0.4 is 15.2 Å². The monoisotopic (exact) mass is 338 g/mol. The van der Waals surface area contributed by atoms with Crippen molar-refractivity contribution in [3.8, 4) is 11.5 Å². The number of furan rings is 1. The van der Waals surface area contributed by atoms with Crippen LogP contribution >= 0.6 is 12.4 Å². The van der Waals surface area contributed by atoms with Crippen LogP contribution in [-0.4, -0.2) is 37.1 Å². The van der Waals surface area contributed by atoms with Crippen LogP contribution in [0.4, 0.5) is 0 Å². The molecule has 1 atom stereocenters. The Morgan fingerprint density at radius 2 is 2.09 bits per heavy atom. The second-order valence-corrected chi connectivity index (χ2v) is 5.19. The summed E-state index contributed by atoms with van der Waals surface area (Å²) in [6.07, 6.45) is 1.22. The fourth-order valence-corrected chi connectivity index (χ4v) is 2.36. The van der Waals surface area contributed by atoms with E-state index in [2.05, 4.69) is 0 Å². The van der Waals surface area contributed by atoms with Gasteiger partial charge in [0.25, 0.3) is 5.91 Å². The van der Waals surface area contributed by atoms with E-state index in [4.69, 9.17) is 19.6 Å². The van der Waals surface area contributed by atoms with Gasteiger partial charge in [-0.05, 0) is 18.2 Å². The molecular weight excluding hydrogens is 320 g/mol. The molecule has 1 aromatic carbocycles. The minimum absolute atomic E-state index is 0. The lowest BCUT2D eigenvalue weighted by Gasteiger charge is -2.29. The summed E-state index contributed by atoms with van der Waals surface area (Å²) < 4.78 is 16.7. The number of fused-ring (bicyclic) bond motifs is 1. The third-order valence-corrected chi connectivity index (χ3v) is 3.49. The molecule has 0 spiro atoms. The first-order valence-electron chi connectivity index (χ1n) is 7.09. The molecule has 23 heavy (non-hydrogen) atoms. The van der Waals surface area contributed by atoms with Crippen LogP contribution in [0.1, 0.15) is 16.1 Å². The molecule has 6 nitrogen and oxygen atoms in total. The molecule has 0 radical (unpaired) electrons. The van der Waals surface area contributed by atoms with Crippen LogP contribution in [0.15, 0.2) is 41.0 Å². The van der Waals surface area contributed by atoms with E-state index in [0.717, 1.165) is 5.75 Å². The first-order valence-corrected chi connectivity index (χ1v) is 7.09. The smallest absolute Gasteiger partial charge is 0.256 e. The summed E-state index contributed by atoms with van der Waals surface area (Å²) in [5.74, 6) is 1.89. The summed E-state index contributed by atoms with van der Waals surface area (Å²) in [5, 5.41) is 0. The average molecular weight is 339 g/mol. The highest BCUT2D eigenvalue weighted by Crippen LogP contribution is 2.31. The molecule has 7 heteroatoms. The largest absolute Gasteiger partial charge is 0.486 e. The van der Waals surface area contributed by atoms with Gasteiger partial charge in [0, 0.05) is 7.05 Å². The standard InChI is InChI=1S/C16H18N2O4.ClH/c1-18(16(19)11-6-12(7-17)20-9-11)8-13-10-21-14-4-2-3-5-15(14)22-13;/h2-6,9,13H,7-8,10,17H2,1H3;1H. The maximum Gasteiger partial charge on any atom is 0.256 e. The number of nitrogens with zero attached hydrogens (tertiary/aromatic N) is 1. The summed E-state index contributed by atoms with van der Waals surface area (Å²) >= 11 is 0. The Bertz CT molecular complexity index is 674. The maximum atomic E-state index is 12.3. The van der Waals surface area contributed by atoms with Crippen molar-refractivity contribution in [2.24, 2.45) is 5.73 Å². The lowest BCUT2D eigenvalue weighted by atomic mass is 10.2. The van der Waals surface area contributed by atoms with E-state index in [1.165, 1.54) is 6.26 Å². The number of carbonyl (C=O) groups excluding carboxylic acids is 1. The Hall–Kier alpha value is -2.18. The average Bonchev–Trinajstić information content (AvgIpc) is 3.03. The van der Waals surface area contributed by atoms with Crippen molar-refractivity contribution in [2.75, 3.05) is 20.2 Å². The molecule has 1 aliphatic heterocycles. The molecule has 0 fully saturated rings. The molecule has 1 unspecified atom stereocenters. The van der Waals surface area contributed by atoms with Crippen molar-refractivity contribution in [1.82, 2.24) is 4.90 Å². The molecule has 2 aromatic rings. The molecule has 3 rings (SSSR count). The minimum atomic E-state index is -0.204. The van der Waals surface area contributed by atoms with Crippen molar-refractivity contribution in [2.45, 2.75) is 12.6 Å². The van der Waals surface area contributed by atoms with Gasteiger partial charge in [-0.3, -0.25) is 4.79 Å². The number of hydrogen-bond donors (Lipinski definition) is 1. The van der Waals surface area contributed by atoms with E-state index in [9.17, 15) is 4.79 Å². The van der Waals surface area contributed by atoms with Crippen LogP contribution in [0.3, 0.4) is 0 Å². The van der Waals surface area contributed by atoms with E-state index in [1.807, 2.05) is 24.3 Å². The summed E-state index contributed by atoms with van der Waals surface area (Å²) in [7, 11) is 1.72. The number of likely N-dealkylation sites (N-methyl/N-ethyl adjacent to an activating group) is 1. The van der Waals surface area contributed by atoms with Crippen molar-refractivity contribution in [1.29, 1.82) is 0 Å². The predicted octanol–water partition coefficient (Wildman–Crippen LogP) is 2.07. The lowest BCUT2D eigenvalue weighted by Crippen LogP contribution is -2.41. The zero-order valence-electron chi connectivity index (χ0n) is 12.7. The van der Waals surface area contributed by atoms with Crippen LogP contribution in [-0.2, 0) is 6.54 Å². The molecule has 0 saturated carbocycles. The molecule has 0 aliphatic carbocycles. The number of halogens is 1. The van der Waals surface area contributed by atoms with Gasteiger partial charge in [-0.1, -0.05) is 12.1 Å². The molecule has 0 bridgehead atoms. The Kier molecular flexibility index (Phi) is 5.52. The van der Waals surface area contributed by atoms with E-state index < -0.39 is 0 Å². The van der Waals surface area contributed by atoms with Crippen LogP contribution in [0.5, 0.6) is 11.5 Å². The number of amides is 1. The van der Waals surface area contributed by atoms with Crippen LogP contribution in [0.25, 0.3) is 0 Å². The van der Waals surface area contributed by atoms with E-state index >= 15 is 0 Å². The number of nitrogens with two attached hydrogens (primary N) is 1. The zero-order chi connectivity index (χ0) is 15.5. The Morgan fingerprint density at radius 1 is 1.35 bits per heavy atom. The minimum Gasteiger partial charge on any atom is -0.486 e. The number of hydrogen-bond acceptors (Lipinski definition) is 5. The van der Waals surface area contributed by atoms with Crippen LogP contribution in [0, 0.1) is 0 Å². The topological polar surface area (TPSA) is 77.9 Å². The number of para-hydroxylation sites is 2. The normalized spacial score (nSPS) is 15.7. The summed E-state index contributed by atoms with van der Waals surface area (Å²) in [5.41, 5.74) is 5.97. The number of carbonyl (C=O) groups is 1. The van der Waals surface area contributed by atoms with Gasteiger partial charge in [-0.25, -0.2) is 0 Å². The fraction of sp³-hybridized carbons (Fsp3) is 0.312. The molecule has 1 aliphatic rings. The fourth-order valence-electron chi connectivity index (χ4n) is 2.36. The van der Waals surface area contributed by atoms with Gasteiger partial charge in [0.2, 0.25) is 0 Å². The molecule has 2 N–H and O–H groups in total. The number of benzene rings is 1. The Morgan fingerprint density at radius 3 is 2.78 bits per heavy atom. The molecule has 0 saturated heterocycles. The predicted molar refractivity (Wildman–Crippen MR) is 87.2 cm³/mol. The number of rotatable bonds is 4. The second kappa shape index (κ2) is 7.39. The first-order chi connectivity index (χ1) is 10.7. The van der Waals surface area contributed by atoms with Crippen molar-refractivity contribution in [3.63, 3.8) is 0 Å². The maximum absolute atomic E-state index is 12.3. The molecule has 2 heterocycles. The highest BCUT2D eigenvalue weighted by atomic mass is 35.5. The number of ether oxygens (including phenoxy) is 2. The summed E-state index contributed by atoms with van der Waals surface area (Å²) in [6.45, 7) is 1.11. The van der Waals surface area contributed by atoms with Gasteiger partial charge in [0.05, 0.1) is 18.7 Å². The van der Waals surface area contributed by atoms with Gasteiger partial charge in [0.1, 0.15) is 18.6 Å². The van der Waals surface area contributed by atoms with Gasteiger partial charge in [-0.2, -0.15) is 0 Å². The molecule has 1 aromatic heterocycles. The van der Waals surface area contributed by atoms with Crippen molar-refractivity contribution in [3.05, 3.63) is 47.9 Å². The highest BCUT2D eigenvalue weighted by Gasteiger charge is 2.24. The third-order valence-electron chi connectivity index (χ3n) is 3.49. The summed E-state index contributed by atoms with van der Waals surface area (Å²) in [6, 6.07) is 9.16. The molecular formula is C16H19ClN2O4. The van der Waals surface area contributed by atoms with Gasteiger partial charge in [0.15, 0.2) is 17.6 Å². The van der Waals surface area contributed by atoms with Crippen molar-refractivity contribution >= 4 is 18.3 Å². The molecule has 124 valence electrons. The Balaban J connectivity index is 0.00000192. The van der Waals surface area contributed by atoms with E-state index in [0.29, 0.717) is 30.2 Å². The first kappa shape index (κ1) is 17.2. The summed E-state index contributed by atoms with van der Waals surface area (Å²) in [4.78, 5) is 13.9. The quantitative estimate of drug-likeness (QED) is 0.923. The van der Waals surface area contributed by atoms with E-state index in [-0.39, 0.29) is 31.0 Å². The van der Waals surface area contributed by atoms with Gasteiger partial charge >= 0.3 is 0 Å². The van der Waals surface area contributed by atoms with Crippen molar-refractivity contribution < 1.29 is 18.7 Å². The van der Waals surface area contributed by atoms with Crippen LogP contribution in [0.2, 0.25) is 0 Å². The zero-order valence-corrected chi connectivity index (χ0v) is 13.5. The SMILES string of the molecule is CN(CC1COc2ccccc2O1)C(=O)c1coc(CN)c1.Cl. The van der Waals surface area contributed by atoms with Gasteiger partial charge in [-0.15, -0.1) is 12.4 Å². The van der Waals surface area contributed by atoms with E-state index in [1.54, 1.807) is 18.0 Å². The third kappa shape index (κ3) is 3.78. The molecule has 1 amide bonds. The Labute approximate surface area is 140 Å². The lowest BCUT2D eigenvalue weighted by molar-refractivity contribution is 0.0520. The van der Waals surface area contributed by atoms with Gasteiger partial charge < -0.3 is 24.5 Å².